The number of carbonyl (C=O) groups is 2. The van der Waals surface area contributed by atoms with Gasteiger partial charge in [-0.25, -0.2) is 9.97 Å². The smallest absolute Gasteiger partial charge is 0.269 e. The van der Waals surface area contributed by atoms with Crippen LogP contribution < -0.4 is 10.9 Å². The molecule has 8 heteroatoms. The molecule has 0 spiro atoms. The molecule has 168 valence electrons. The highest BCUT2D eigenvalue weighted by Crippen LogP contribution is 2.44. The summed E-state index contributed by atoms with van der Waals surface area (Å²) in [6.45, 7) is 8.90. The third kappa shape index (κ3) is 4.96. The summed E-state index contributed by atoms with van der Waals surface area (Å²) in [6.07, 6.45) is 4.84. The number of thiophene rings is 1. The van der Waals surface area contributed by atoms with Gasteiger partial charge in [0.25, 0.3) is 5.91 Å². The van der Waals surface area contributed by atoms with Crippen LogP contribution in [0.2, 0.25) is 0 Å². The molecule has 4 rings (SSSR count). The minimum Gasteiger partial charge on any atom is -0.272 e. The number of thioether (sulfide) groups is 1. The van der Waals surface area contributed by atoms with Crippen molar-refractivity contribution in [2.75, 3.05) is 5.75 Å². The summed E-state index contributed by atoms with van der Waals surface area (Å²) in [7, 11) is 0. The van der Waals surface area contributed by atoms with E-state index in [9.17, 15) is 9.59 Å². The van der Waals surface area contributed by atoms with Gasteiger partial charge in [-0.1, -0.05) is 50.2 Å². The lowest BCUT2D eigenvalue weighted by molar-refractivity contribution is -0.119. The van der Waals surface area contributed by atoms with Crippen molar-refractivity contribution in [3.8, 4) is 0 Å². The van der Waals surface area contributed by atoms with Gasteiger partial charge in [0.2, 0.25) is 5.91 Å². The highest BCUT2D eigenvalue weighted by molar-refractivity contribution is 8.00. The molecule has 0 saturated carbocycles. The number of aryl methyl sites for hydroxylation is 2. The highest BCUT2D eigenvalue weighted by Gasteiger charge is 2.31. The number of nitrogens with one attached hydrogen (secondary N) is 2. The average molecular weight is 469 g/mol. The Morgan fingerprint density at radius 2 is 1.91 bits per heavy atom. The van der Waals surface area contributed by atoms with E-state index in [-0.39, 0.29) is 23.0 Å². The predicted octanol–water partition coefficient (Wildman–Crippen LogP) is 4.70. The van der Waals surface area contributed by atoms with E-state index < -0.39 is 0 Å². The molecule has 0 saturated heterocycles. The fourth-order valence-electron chi connectivity index (χ4n) is 4.00. The van der Waals surface area contributed by atoms with Crippen LogP contribution in [-0.2, 0) is 17.6 Å². The number of hydrogen-bond acceptors (Lipinski definition) is 6. The number of benzene rings is 1. The van der Waals surface area contributed by atoms with E-state index in [1.165, 1.54) is 22.2 Å². The second-order valence-electron chi connectivity index (χ2n) is 9.33. The van der Waals surface area contributed by atoms with Gasteiger partial charge in [-0.05, 0) is 55.2 Å². The van der Waals surface area contributed by atoms with Crippen molar-refractivity contribution in [3.63, 3.8) is 0 Å². The SMILES string of the molecule is Cc1ccc(C(=O)NNC(=O)CSc2ncnc3sc4c(c23)CC[C@H](C(C)(C)C)C4)cc1. The maximum absolute atomic E-state index is 12.3. The summed E-state index contributed by atoms with van der Waals surface area (Å²) < 4.78 is 0. The van der Waals surface area contributed by atoms with Crippen LogP contribution >= 0.6 is 23.1 Å². The zero-order valence-corrected chi connectivity index (χ0v) is 20.5. The van der Waals surface area contributed by atoms with Gasteiger partial charge in [0.1, 0.15) is 16.2 Å². The van der Waals surface area contributed by atoms with Crippen molar-refractivity contribution in [2.24, 2.45) is 11.3 Å². The van der Waals surface area contributed by atoms with Crippen molar-refractivity contribution in [3.05, 3.63) is 52.2 Å². The standard InChI is InChI=1S/C24H28N4O2S2/c1-14-5-7-15(8-6-14)21(30)28-27-19(29)12-31-22-20-17-10-9-16(24(2,3)4)11-18(17)32-23(20)26-13-25-22/h5-8,13,16H,9-12H2,1-4H3,(H,27,29)(H,28,30)/t16-/m0/s1. The third-order valence-electron chi connectivity index (χ3n) is 6.00. The molecule has 0 bridgehead atoms. The lowest BCUT2D eigenvalue weighted by Gasteiger charge is -2.33. The lowest BCUT2D eigenvalue weighted by atomic mass is 9.72. The molecule has 1 aliphatic rings. The number of rotatable bonds is 4. The van der Waals surface area contributed by atoms with E-state index in [0.29, 0.717) is 11.5 Å². The first-order valence-electron chi connectivity index (χ1n) is 10.8. The lowest BCUT2D eigenvalue weighted by Crippen LogP contribution is -2.42. The minimum absolute atomic E-state index is 0.162. The molecular weight excluding hydrogens is 440 g/mol. The van der Waals surface area contributed by atoms with Crippen LogP contribution in [0.4, 0.5) is 0 Å². The summed E-state index contributed by atoms with van der Waals surface area (Å²) in [6, 6.07) is 7.18. The number of hydrazine groups is 1. The van der Waals surface area contributed by atoms with Crippen molar-refractivity contribution in [1.82, 2.24) is 20.8 Å². The Labute approximate surface area is 196 Å². The second kappa shape index (κ2) is 9.19. The van der Waals surface area contributed by atoms with Crippen molar-refractivity contribution in [1.29, 1.82) is 0 Å². The first kappa shape index (κ1) is 22.7. The molecule has 6 nitrogen and oxygen atoms in total. The van der Waals surface area contributed by atoms with Crippen LogP contribution in [0.15, 0.2) is 35.6 Å². The minimum atomic E-state index is -0.340. The Morgan fingerprint density at radius 1 is 1.16 bits per heavy atom. The van der Waals surface area contributed by atoms with Crippen molar-refractivity contribution < 1.29 is 9.59 Å². The number of carbonyl (C=O) groups excluding carboxylic acids is 2. The first-order chi connectivity index (χ1) is 15.2. The molecule has 0 unspecified atom stereocenters. The van der Waals surface area contributed by atoms with Crippen LogP contribution in [0.3, 0.4) is 0 Å². The molecule has 2 amide bonds. The Kier molecular flexibility index (Phi) is 6.53. The van der Waals surface area contributed by atoms with Gasteiger partial charge in [0.15, 0.2) is 0 Å². The Balaban J connectivity index is 1.40. The molecule has 1 aliphatic carbocycles. The summed E-state index contributed by atoms with van der Waals surface area (Å²) >= 11 is 3.14. The highest BCUT2D eigenvalue weighted by atomic mass is 32.2. The van der Waals surface area contributed by atoms with Crippen molar-refractivity contribution in [2.45, 2.75) is 52.0 Å². The zero-order chi connectivity index (χ0) is 22.9. The van der Waals surface area contributed by atoms with E-state index in [1.54, 1.807) is 29.8 Å². The zero-order valence-electron chi connectivity index (χ0n) is 18.8. The first-order valence-corrected chi connectivity index (χ1v) is 12.6. The molecule has 32 heavy (non-hydrogen) atoms. The quantitative estimate of drug-likeness (QED) is 0.329. The summed E-state index contributed by atoms with van der Waals surface area (Å²) in [5.74, 6) is 0.206. The molecule has 3 aromatic rings. The molecule has 0 aliphatic heterocycles. The number of fused-ring (bicyclic) bond motifs is 3. The topological polar surface area (TPSA) is 84.0 Å². The molecule has 2 aromatic heterocycles. The van der Waals surface area contributed by atoms with E-state index in [2.05, 4.69) is 41.6 Å². The van der Waals surface area contributed by atoms with Crippen LogP contribution in [0.25, 0.3) is 10.2 Å². The van der Waals surface area contributed by atoms with E-state index >= 15 is 0 Å². The normalized spacial score (nSPS) is 15.9. The maximum atomic E-state index is 12.3. The molecule has 0 radical (unpaired) electrons. The Morgan fingerprint density at radius 3 is 2.62 bits per heavy atom. The molecule has 1 aromatic carbocycles. The monoisotopic (exact) mass is 468 g/mol. The largest absolute Gasteiger partial charge is 0.272 e. The third-order valence-corrected chi connectivity index (χ3v) is 8.16. The van der Waals surface area contributed by atoms with Crippen LogP contribution in [0.1, 0.15) is 53.6 Å². The summed E-state index contributed by atoms with van der Waals surface area (Å²) in [5.41, 5.74) is 8.18. The number of amides is 2. The Hall–Kier alpha value is -2.45. The molecule has 0 fully saturated rings. The fraction of sp³-hybridized carbons (Fsp3) is 0.417. The Bertz CT molecular complexity index is 1150. The molecular formula is C24H28N4O2S2. The number of aromatic nitrogens is 2. The average Bonchev–Trinajstić information content (AvgIpc) is 3.14. The van der Waals surface area contributed by atoms with Gasteiger partial charge in [0, 0.05) is 15.8 Å². The van der Waals surface area contributed by atoms with Gasteiger partial charge in [-0.3, -0.25) is 20.4 Å². The molecule has 2 N–H and O–H groups in total. The second-order valence-corrected chi connectivity index (χ2v) is 11.4. The van der Waals surface area contributed by atoms with Gasteiger partial charge in [-0.15, -0.1) is 11.3 Å². The van der Waals surface area contributed by atoms with Gasteiger partial charge in [0.05, 0.1) is 5.75 Å². The van der Waals surface area contributed by atoms with E-state index in [1.807, 2.05) is 19.1 Å². The van der Waals surface area contributed by atoms with E-state index in [0.717, 1.165) is 40.1 Å². The van der Waals surface area contributed by atoms with Crippen molar-refractivity contribution >= 4 is 45.1 Å². The maximum Gasteiger partial charge on any atom is 0.269 e. The van der Waals surface area contributed by atoms with Crippen LogP contribution in [0.5, 0.6) is 0 Å². The summed E-state index contributed by atoms with van der Waals surface area (Å²) in [5, 5.41) is 1.93. The van der Waals surface area contributed by atoms with Crippen LogP contribution in [-0.4, -0.2) is 27.5 Å². The summed E-state index contributed by atoms with van der Waals surface area (Å²) in [4.78, 5) is 35.9. The molecule has 2 heterocycles. The number of hydrogen-bond donors (Lipinski definition) is 2. The van der Waals surface area contributed by atoms with Gasteiger partial charge >= 0.3 is 0 Å². The van der Waals surface area contributed by atoms with Gasteiger partial charge in [-0.2, -0.15) is 0 Å². The fourth-order valence-corrected chi connectivity index (χ4v) is 6.16. The predicted molar refractivity (Wildman–Crippen MR) is 130 cm³/mol. The molecule has 1 atom stereocenters. The van der Waals surface area contributed by atoms with E-state index in [4.69, 9.17) is 0 Å². The van der Waals surface area contributed by atoms with Gasteiger partial charge < -0.3 is 0 Å². The number of nitrogens with zero attached hydrogens (tertiary/aromatic N) is 2. The van der Waals surface area contributed by atoms with Crippen LogP contribution in [0, 0.1) is 18.3 Å².